The standard InChI is InChI=1S/C12H13N3/c1-14-6-5-10-8-15-12-9(7-13)3-2-4-11(10)12/h2-4,8,14-15H,5-6H2,1H3. The number of hydrogen-bond donors (Lipinski definition) is 2. The average molecular weight is 199 g/mol. The second kappa shape index (κ2) is 4.16. The van der Waals surface area contributed by atoms with Crippen LogP contribution in [0.15, 0.2) is 24.4 Å². The van der Waals surface area contributed by atoms with Gasteiger partial charge in [0.25, 0.3) is 0 Å². The predicted molar refractivity (Wildman–Crippen MR) is 60.6 cm³/mol. The van der Waals surface area contributed by atoms with E-state index < -0.39 is 0 Å². The summed E-state index contributed by atoms with van der Waals surface area (Å²) in [5.41, 5.74) is 2.92. The fourth-order valence-corrected chi connectivity index (χ4v) is 1.77. The molecular formula is C12H13N3. The molecule has 0 amide bonds. The first kappa shape index (κ1) is 9.75. The molecule has 0 aliphatic heterocycles. The number of H-pyrrole nitrogens is 1. The van der Waals surface area contributed by atoms with Crippen molar-refractivity contribution in [2.45, 2.75) is 6.42 Å². The summed E-state index contributed by atoms with van der Waals surface area (Å²) < 4.78 is 0. The molecule has 0 atom stereocenters. The molecule has 3 heteroatoms. The number of rotatable bonds is 3. The number of likely N-dealkylation sites (N-methyl/N-ethyl adjacent to an activating group) is 1. The van der Waals surface area contributed by atoms with Crippen LogP contribution >= 0.6 is 0 Å². The summed E-state index contributed by atoms with van der Waals surface area (Å²) in [6.45, 7) is 0.948. The van der Waals surface area contributed by atoms with Crippen molar-refractivity contribution in [1.29, 1.82) is 5.26 Å². The van der Waals surface area contributed by atoms with E-state index >= 15 is 0 Å². The lowest BCUT2D eigenvalue weighted by Gasteiger charge is -1.98. The first-order chi connectivity index (χ1) is 7.36. The lowest BCUT2D eigenvalue weighted by molar-refractivity contribution is 0.795. The summed E-state index contributed by atoms with van der Waals surface area (Å²) >= 11 is 0. The van der Waals surface area contributed by atoms with Crippen LogP contribution < -0.4 is 5.32 Å². The molecule has 2 rings (SSSR count). The van der Waals surface area contributed by atoms with Gasteiger partial charge in [0.15, 0.2) is 0 Å². The van der Waals surface area contributed by atoms with Gasteiger partial charge in [0, 0.05) is 11.6 Å². The summed E-state index contributed by atoms with van der Waals surface area (Å²) in [5, 5.41) is 13.2. The van der Waals surface area contributed by atoms with Crippen LogP contribution in [-0.4, -0.2) is 18.6 Å². The third-order valence-corrected chi connectivity index (χ3v) is 2.57. The van der Waals surface area contributed by atoms with Gasteiger partial charge in [-0.05, 0) is 31.6 Å². The Morgan fingerprint density at radius 2 is 2.33 bits per heavy atom. The molecule has 0 spiro atoms. The summed E-state index contributed by atoms with van der Waals surface area (Å²) in [6.07, 6.45) is 2.97. The molecule has 1 heterocycles. The molecule has 0 aliphatic rings. The number of nitriles is 1. The van der Waals surface area contributed by atoms with E-state index in [9.17, 15) is 0 Å². The number of benzene rings is 1. The Balaban J connectivity index is 2.47. The van der Waals surface area contributed by atoms with E-state index in [-0.39, 0.29) is 0 Å². The second-order valence-corrected chi connectivity index (χ2v) is 3.51. The van der Waals surface area contributed by atoms with Gasteiger partial charge in [-0.15, -0.1) is 0 Å². The molecule has 15 heavy (non-hydrogen) atoms. The molecule has 0 unspecified atom stereocenters. The second-order valence-electron chi connectivity index (χ2n) is 3.51. The van der Waals surface area contributed by atoms with E-state index in [0.717, 1.165) is 23.9 Å². The maximum Gasteiger partial charge on any atom is 0.101 e. The molecule has 0 saturated carbocycles. The minimum atomic E-state index is 0.711. The van der Waals surface area contributed by atoms with Crippen LogP contribution in [-0.2, 0) is 6.42 Å². The van der Waals surface area contributed by atoms with Gasteiger partial charge in [-0.2, -0.15) is 5.26 Å². The van der Waals surface area contributed by atoms with Crippen LogP contribution in [0.2, 0.25) is 0 Å². The normalized spacial score (nSPS) is 10.4. The van der Waals surface area contributed by atoms with E-state index in [4.69, 9.17) is 5.26 Å². The smallest absolute Gasteiger partial charge is 0.101 e. The van der Waals surface area contributed by atoms with Crippen LogP contribution in [0.5, 0.6) is 0 Å². The maximum atomic E-state index is 8.94. The number of fused-ring (bicyclic) bond motifs is 1. The summed E-state index contributed by atoms with van der Waals surface area (Å²) in [7, 11) is 1.94. The molecule has 2 aromatic rings. The first-order valence-electron chi connectivity index (χ1n) is 5.00. The van der Waals surface area contributed by atoms with Gasteiger partial charge in [-0.1, -0.05) is 12.1 Å². The zero-order chi connectivity index (χ0) is 10.7. The topological polar surface area (TPSA) is 51.6 Å². The van der Waals surface area contributed by atoms with Crippen LogP contribution in [0.25, 0.3) is 10.9 Å². The van der Waals surface area contributed by atoms with Crippen molar-refractivity contribution in [2.24, 2.45) is 0 Å². The molecule has 0 radical (unpaired) electrons. The van der Waals surface area contributed by atoms with Crippen molar-refractivity contribution in [3.05, 3.63) is 35.5 Å². The van der Waals surface area contributed by atoms with Gasteiger partial charge in [-0.25, -0.2) is 0 Å². The minimum Gasteiger partial charge on any atom is -0.360 e. The molecule has 0 aliphatic carbocycles. The van der Waals surface area contributed by atoms with Gasteiger partial charge in [0.05, 0.1) is 11.1 Å². The number of aromatic amines is 1. The Kier molecular flexibility index (Phi) is 2.70. The third kappa shape index (κ3) is 1.72. The van der Waals surface area contributed by atoms with Crippen molar-refractivity contribution < 1.29 is 0 Å². The molecule has 0 fully saturated rings. The average Bonchev–Trinajstić information content (AvgIpc) is 2.69. The molecule has 1 aromatic heterocycles. The first-order valence-corrected chi connectivity index (χ1v) is 5.00. The zero-order valence-electron chi connectivity index (χ0n) is 8.67. The predicted octanol–water partition coefficient (Wildman–Crippen LogP) is 1.80. The summed E-state index contributed by atoms with van der Waals surface area (Å²) in [4.78, 5) is 3.17. The van der Waals surface area contributed by atoms with Crippen molar-refractivity contribution in [2.75, 3.05) is 13.6 Å². The summed E-state index contributed by atoms with van der Waals surface area (Å²) in [5.74, 6) is 0. The molecule has 1 aromatic carbocycles. The maximum absolute atomic E-state index is 8.94. The monoisotopic (exact) mass is 199 g/mol. The van der Waals surface area contributed by atoms with Crippen molar-refractivity contribution >= 4 is 10.9 Å². The van der Waals surface area contributed by atoms with Gasteiger partial charge in [0.2, 0.25) is 0 Å². The van der Waals surface area contributed by atoms with Crippen LogP contribution in [0, 0.1) is 11.3 Å². The van der Waals surface area contributed by atoms with Gasteiger partial charge in [0.1, 0.15) is 6.07 Å². The molecule has 3 nitrogen and oxygen atoms in total. The Morgan fingerprint density at radius 1 is 1.47 bits per heavy atom. The van der Waals surface area contributed by atoms with E-state index in [2.05, 4.69) is 22.4 Å². The van der Waals surface area contributed by atoms with E-state index in [1.165, 1.54) is 5.56 Å². The highest BCUT2D eigenvalue weighted by molar-refractivity contribution is 5.87. The number of nitrogens with one attached hydrogen (secondary N) is 2. The number of aromatic nitrogens is 1. The van der Waals surface area contributed by atoms with Crippen molar-refractivity contribution in [3.8, 4) is 6.07 Å². The fraction of sp³-hybridized carbons (Fsp3) is 0.250. The highest BCUT2D eigenvalue weighted by Crippen LogP contribution is 2.21. The molecule has 0 saturated heterocycles. The zero-order valence-corrected chi connectivity index (χ0v) is 8.67. The molecule has 0 bridgehead atoms. The lowest BCUT2D eigenvalue weighted by Crippen LogP contribution is -2.09. The quantitative estimate of drug-likeness (QED) is 0.792. The Bertz CT molecular complexity index is 505. The van der Waals surface area contributed by atoms with Crippen LogP contribution in [0.1, 0.15) is 11.1 Å². The Morgan fingerprint density at radius 3 is 3.07 bits per heavy atom. The van der Waals surface area contributed by atoms with Gasteiger partial charge in [-0.3, -0.25) is 0 Å². The van der Waals surface area contributed by atoms with E-state index in [1.807, 2.05) is 25.4 Å². The number of hydrogen-bond acceptors (Lipinski definition) is 2. The lowest BCUT2D eigenvalue weighted by atomic mass is 10.1. The summed E-state index contributed by atoms with van der Waals surface area (Å²) in [6, 6.07) is 8.01. The van der Waals surface area contributed by atoms with Gasteiger partial charge < -0.3 is 10.3 Å². The molecule has 76 valence electrons. The fourth-order valence-electron chi connectivity index (χ4n) is 1.77. The van der Waals surface area contributed by atoms with Gasteiger partial charge >= 0.3 is 0 Å². The Labute approximate surface area is 88.7 Å². The Hall–Kier alpha value is -1.79. The highest BCUT2D eigenvalue weighted by Gasteiger charge is 2.05. The van der Waals surface area contributed by atoms with Crippen molar-refractivity contribution in [1.82, 2.24) is 10.3 Å². The van der Waals surface area contributed by atoms with E-state index in [0.29, 0.717) is 5.56 Å². The SMILES string of the molecule is CNCCc1c[nH]c2c(C#N)cccc12. The van der Waals surface area contributed by atoms with Crippen LogP contribution in [0.4, 0.5) is 0 Å². The van der Waals surface area contributed by atoms with Crippen molar-refractivity contribution in [3.63, 3.8) is 0 Å². The van der Waals surface area contributed by atoms with E-state index in [1.54, 1.807) is 0 Å². The number of para-hydroxylation sites is 1. The number of nitrogens with zero attached hydrogens (tertiary/aromatic N) is 1. The third-order valence-electron chi connectivity index (χ3n) is 2.57. The molecule has 2 N–H and O–H groups in total. The highest BCUT2D eigenvalue weighted by atomic mass is 14.8. The minimum absolute atomic E-state index is 0.711. The van der Waals surface area contributed by atoms with Crippen LogP contribution in [0.3, 0.4) is 0 Å². The largest absolute Gasteiger partial charge is 0.360 e. The molecular weight excluding hydrogens is 186 g/mol.